The molecule has 2 unspecified atom stereocenters. The number of rotatable bonds is 16. The smallest absolute Gasteiger partial charge is 0.342 e. The Labute approximate surface area is 478 Å². The van der Waals surface area contributed by atoms with Gasteiger partial charge in [-0.1, -0.05) is 160 Å². The second kappa shape index (κ2) is 30.9. The topological polar surface area (TPSA) is 170 Å². The number of hydrogen-bond acceptors (Lipinski definition) is 13. The number of fused-ring (bicyclic) bond motifs is 2. The Morgan fingerprint density at radius 1 is 0.625 bits per heavy atom. The SMILES string of the molecule is C=CCOC(=O)/C=C/CC1C[C@@H](O)[C@@H](C)C/C=C/Cc2cccc(O[Si](C)(C)C(C)(C)C)c2C(=O)O1.C=CCOC(=O)/C=C/CC1C[C@@H](OC(=O)c2ccccc2)[C@@H](C)C/C=C/Cc2cccc(O[Si](C)(C)C(C)(C)C)c2C(=O)O1. The van der Waals surface area contributed by atoms with Crippen LogP contribution in [0.5, 0.6) is 11.5 Å². The van der Waals surface area contributed by atoms with Crippen LogP contribution in [0.15, 0.2) is 141 Å². The van der Waals surface area contributed by atoms with Crippen molar-refractivity contribution in [3.05, 3.63) is 168 Å². The Bertz CT molecular complexity index is 2690. The highest BCUT2D eigenvalue weighted by Crippen LogP contribution is 2.41. The van der Waals surface area contributed by atoms with Gasteiger partial charge < -0.3 is 37.6 Å². The average molecular weight is 1130 g/mol. The van der Waals surface area contributed by atoms with E-state index in [4.69, 9.17) is 32.5 Å². The molecule has 15 heteroatoms. The van der Waals surface area contributed by atoms with Gasteiger partial charge in [-0.25, -0.2) is 24.0 Å². The maximum atomic E-state index is 14.0. The van der Waals surface area contributed by atoms with E-state index in [1.165, 1.54) is 24.3 Å². The molecule has 0 aromatic heterocycles. The van der Waals surface area contributed by atoms with Gasteiger partial charge in [-0.05, 0) is 109 Å². The molecule has 0 saturated heterocycles. The van der Waals surface area contributed by atoms with Gasteiger partial charge in [0, 0.05) is 37.8 Å². The molecule has 434 valence electrons. The summed E-state index contributed by atoms with van der Waals surface area (Å²) < 4.78 is 41.4. The van der Waals surface area contributed by atoms with E-state index < -0.39 is 70.9 Å². The van der Waals surface area contributed by atoms with E-state index in [-0.39, 0.29) is 60.8 Å². The average Bonchev–Trinajstić information content (AvgIpc) is 3.38. The first kappa shape index (κ1) is 66.0. The van der Waals surface area contributed by atoms with Gasteiger partial charge >= 0.3 is 29.8 Å². The molecule has 2 aliphatic heterocycles. The van der Waals surface area contributed by atoms with Crippen LogP contribution in [0.25, 0.3) is 0 Å². The van der Waals surface area contributed by atoms with Crippen LogP contribution in [0.3, 0.4) is 0 Å². The van der Waals surface area contributed by atoms with Gasteiger partial charge in [0.15, 0.2) is 0 Å². The first-order valence-corrected chi connectivity index (χ1v) is 33.7. The zero-order valence-corrected chi connectivity index (χ0v) is 51.4. The van der Waals surface area contributed by atoms with Crippen molar-refractivity contribution in [1.82, 2.24) is 0 Å². The zero-order chi connectivity index (χ0) is 59.3. The number of cyclic esters (lactones) is 2. The summed E-state index contributed by atoms with van der Waals surface area (Å²) in [5.74, 6) is -1.49. The van der Waals surface area contributed by atoms with Crippen LogP contribution >= 0.6 is 0 Å². The van der Waals surface area contributed by atoms with Crippen LogP contribution in [0.1, 0.15) is 136 Å². The summed E-state index contributed by atoms with van der Waals surface area (Å²) in [6.07, 6.45) is 17.9. The number of aliphatic hydroxyl groups excluding tert-OH is 1. The molecule has 0 aliphatic carbocycles. The maximum Gasteiger partial charge on any atom is 0.342 e. The van der Waals surface area contributed by atoms with E-state index >= 15 is 0 Å². The third kappa shape index (κ3) is 20.5. The first-order valence-electron chi connectivity index (χ1n) is 27.8. The minimum atomic E-state index is -2.29. The fourth-order valence-electron chi connectivity index (χ4n) is 8.09. The van der Waals surface area contributed by atoms with Crippen LogP contribution in [0, 0.1) is 11.8 Å². The maximum absolute atomic E-state index is 14.0. The number of hydrogen-bond donors (Lipinski definition) is 1. The van der Waals surface area contributed by atoms with Gasteiger partial charge in [0.05, 0.1) is 11.7 Å². The first-order chi connectivity index (χ1) is 37.7. The lowest BCUT2D eigenvalue weighted by molar-refractivity contribution is -0.137. The normalized spacial score (nSPS) is 21.3. The Balaban J connectivity index is 0.000000352. The number of allylic oxidation sites excluding steroid dienone is 4. The minimum absolute atomic E-state index is 0.00358. The van der Waals surface area contributed by atoms with Crippen molar-refractivity contribution in [3.8, 4) is 11.5 Å². The number of ether oxygens (including phenoxy) is 5. The molecule has 0 bridgehead atoms. The molecule has 2 heterocycles. The lowest BCUT2D eigenvalue weighted by Gasteiger charge is -2.37. The third-order valence-electron chi connectivity index (χ3n) is 15.1. The van der Waals surface area contributed by atoms with Crippen LogP contribution in [-0.4, -0.2) is 89.2 Å². The van der Waals surface area contributed by atoms with E-state index in [9.17, 15) is 29.1 Å². The highest BCUT2D eigenvalue weighted by molar-refractivity contribution is 6.75. The number of carbonyl (C=O) groups excluding carboxylic acids is 5. The number of esters is 5. The van der Waals surface area contributed by atoms with Crippen molar-refractivity contribution in [2.45, 2.75) is 167 Å². The van der Waals surface area contributed by atoms with Gasteiger partial charge in [-0.3, -0.25) is 0 Å². The quantitative estimate of drug-likeness (QED) is 0.0473. The lowest BCUT2D eigenvalue weighted by atomic mass is 9.93. The van der Waals surface area contributed by atoms with Crippen molar-refractivity contribution < 1.29 is 61.6 Å². The second-order valence-corrected chi connectivity index (χ2v) is 33.0. The summed E-state index contributed by atoms with van der Waals surface area (Å²) in [5, 5.41) is 10.6. The molecule has 2 aliphatic rings. The van der Waals surface area contributed by atoms with Crippen LogP contribution in [0.4, 0.5) is 0 Å². The van der Waals surface area contributed by atoms with E-state index in [2.05, 4.69) is 93.0 Å². The van der Waals surface area contributed by atoms with E-state index in [1.54, 1.807) is 36.4 Å². The van der Waals surface area contributed by atoms with Crippen LogP contribution in [0.2, 0.25) is 36.3 Å². The molecule has 3 aromatic rings. The molecule has 3 aromatic carbocycles. The van der Waals surface area contributed by atoms with Crippen molar-refractivity contribution in [2.75, 3.05) is 13.2 Å². The fourth-order valence-corrected chi connectivity index (χ4v) is 10.1. The largest absolute Gasteiger partial charge is 0.543 e. The Morgan fingerprint density at radius 3 is 1.50 bits per heavy atom. The number of carbonyl (C=O) groups is 5. The lowest BCUT2D eigenvalue weighted by Crippen LogP contribution is -2.44. The Hall–Kier alpha value is -6.56. The van der Waals surface area contributed by atoms with Gasteiger partial charge in [0.25, 0.3) is 16.6 Å². The Morgan fingerprint density at radius 2 is 1.06 bits per heavy atom. The molecule has 5 rings (SSSR count). The van der Waals surface area contributed by atoms with Crippen molar-refractivity contribution in [2.24, 2.45) is 11.8 Å². The highest BCUT2D eigenvalue weighted by atomic mass is 28.4. The summed E-state index contributed by atoms with van der Waals surface area (Å²) in [5.41, 5.74) is 2.91. The molecular formula is C65H88O13Si2. The van der Waals surface area contributed by atoms with Crippen LogP contribution in [-0.2, 0) is 46.1 Å². The molecule has 0 radical (unpaired) electrons. The van der Waals surface area contributed by atoms with Crippen molar-refractivity contribution in [3.63, 3.8) is 0 Å². The Kier molecular flexibility index (Phi) is 25.5. The summed E-state index contributed by atoms with van der Waals surface area (Å²) in [6, 6.07) is 20.1. The summed E-state index contributed by atoms with van der Waals surface area (Å²) in [7, 11) is -4.51. The van der Waals surface area contributed by atoms with Crippen molar-refractivity contribution in [1.29, 1.82) is 0 Å². The second-order valence-electron chi connectivity index (χ2n) is 23.6. The molecule has 0 fully saturated rings. The predicted octanol–water partition coefficient (Wildman–Crippen LogP) is 14.2. The molecule has 0 amide bonds. The highest BCUT2D eigenvalue weighted by Gasteiger charge is 2.42. The summed E-state index contributed by atoms with van der Waals surface area (Å²) >= 11 is 0. The molecule has 0 saturated carbocycles. The van der Waals surface area contributed by atoms with Crippen molar-refractivity contribution >= 4 is 46.5 Å². The predicted molar refractivity (Wildman–Crippen MR) is 321 cm³/mol. The summed E-state index contributed by atoms with van der Waals surface area (Å²) in [4.78, 5) is 64.6. The molecule has 6 atom stereocenters. The number of benzene rings is 3. The summed E-state index contributed by atoms with van der Waals surface area (Å²) in [6.45, 7) is 32.8. The van der Waals surface area contributed by atoms with E-state index in [0.29, 0.717) is 53.9 Å². The third-order valence-corrected chi connectivity index (χ3v) is 23.8. The number of aliphatic hydroxyl groups is 1. The fraction of sp³-hybridized carbons (Fsp3) is 0.462. The van der Waals surface area contributed by atoms with E-state index in [1.807, 2.05) is 68.5 Å². The minimum Gasteiger partial charge on any atom is -0.543 e. The van der Waals surface area contributed by atoms with Gasteiger partial charge in [-0.2, -0.15) is 0 Å². The zero-order valence-electron chi connectivity index (χ0n) is 49.4. The van der Waals surface area contributed by atoms with E-state index in [0.717, 1.165) is 11.1 Å². The molecule has 0 spiro atoms. The van der Waals surface area contributed by atoms with Gasteiger partial charge in [0.1, 0.15) is 54.2 Å². The molecule has 1 N–H and O–H groups in total. The monoisotopic (exact) mass is 1130 g/mol. The standard InChI is InChI=1S/C36H46O7Si.C29H42O6Si/c1-8-24-40-32(37)23-15-21-29-25-31(42-34(38)28-18-10-9-11-19-28)26(2)16-12-13-17-27-20-14-22-30(33(27)35(39)41-29)43-44(6,7)36(3,4)5;1-8-19-33-26(31)18-12-16-23-20-24(30)21(2)13-9-10-14-22-15-11-17-25(27(22)28(32)34-23)35-36(6,7)29(3,4)5/h8-15,18-20,22-23,26,29,31H,1,16-17,21,24-25H2,2-7H3;8-12,15,17-18,21,23-24,30H,1,13-14,16,19-20H2,2-7H3/b13-12+,23-15+;10-9+,18-12+/t26-,29?,31+;21-,23?,24+/m00/s1. The molecule has 13 nitrogen and oxygen atoms in total. The van der Waals surface area contributed by atoms with Gasteiger partial charge in [-0.15, -0.1) is 0 Å². The van der Waals surface area contributed by atoms with Gasteiger partial charge in [0.2, 0.25) is 0 Å². The van der Waals surface area contributed by atoms with Crippen LogP contribution < -0.4 is 8.85 Å². The molecule has 80 heavy (non-hydrogen) atoms. The molecular weight excluding hydrogens is 1040 g/mol.